The van der Waals surface area contributed by atoms with E-state index in [0.717, 1.165) is 11.3 Å². The van der Waals surface area contributed by atoms with E-state index in [2.05, 4.69) is 20.5 Å². The minimum absolute atomic E-state index is 0.340. The first kappa shape index (κ1) is 17.3. The third kappa shape index (κ3) is 4.29. The van der Waals surface area contributed by atoms with Gasteiger partial charge in [-0.25, -0.2) is 0 Å². The monoisotopic (exact) mass is 376 g/mol. The van der Waals surface area contributed by atoms with Gasteiger partial charge in [0.25, 0.3) is 5.91 Å². The van der Waals surface area contributed by atoms with E-state index in [9.17, 15) is 4.79 Å². The van der Waals surface area contributed by atoms with Crippen LogP contribution in [0.3, 0.4) is 0 Å². The highest BCUT2D eigenvalue weighted by Gasteiger charge is 2.17. The summed E-state index contributed by atoms with van der Waals surface area (Å²) in [7, 11) is 0. The lowest BCUT2D eigenvalue weighted by atomic mass is 10.2. The van der Waals surface area contributed by atoms with Crippen LogP contribution in [0.5, 0.6) is 5.75 Å². The molecule has 0 radical (unpaired) electrons. The number of benzene rings is 1. The summed E-state index contributed by atoms with van der Waals surface area (Å²) in [6, 6.07) is 10.2. The van der Waals surface area contributed by atoms with Crippen LogP contribution in [0.25, 0.3) is 11.3 Å². The number of nitrogens with one attached hydrogen (secondary N) is 2. The van der Waals surface area contributed by atoms with Gasteiger partial charge in [0, 0.05) is 29.0 Å². The maximum absolute atomic E-state index is 12.3. The number of ether oxygens (including phenoxy) is 1. The normalized spacial score (nSPS) is 11.8. The number of H-pyrrole nitrogens is 1. The molecule has 1 atom stereocenters. The number of rotatable bonds is 5. The molecular formula is C17H14Cl2N4O2. The third-order valence-corrected chi connectivity index (χ3v) is 3.92. The number of halogens is 2. The largest absolute Gasteiger partial charge is 0.479 e. The average molecular weight is 377 g/mol. The minimum Gasteiger partial charge on any atom is -0.479 e. The Bertz CT molecular complexity index is 883. The summed E-state index contributed by atoms with van der Waals surface area (Å²) in [5.41, 5.74) is 1.69. The quantitative estimate of drug-likeness (QED) is 0.699. The molecule has 1 aromatic carbocycles. The van der Waals surface area contributed by atoms with Gasteiger partial charge in [-0.15, -0.1) is 0 Å². The SMILES string of the molecule is CC(Oc1ccc(Cl)cc1Cl)C(=O)Nc1cc(-c2ccncc2)[nH]n1. The Labute approximate surface area is 154 Å². The van der Waals surface area contributed by atoms with Gasteiger partial charge in [-0.3, -0.25) is 14.9 Å². The van der Waals surface area contributed by atoms with Gasteiger partial charge in [0.15, 0.2) is 11.9 Å². The zero-order chi connectivity index (χ0) is 17.8. The second-order valence-electron chi connectivity index (χ2n) is 5.23. The molecule has 0 saturated heterocycles. The highest BCUT2D eigenvalue weighted by Crippen LogP contribution is 2.28. The Hall–Kier alpha value is -2.57. The number of hydrogen-bond acceptors (Lipinski definition) is 4. The van der Waals surface area contributed by atoms with Crippen molar-refractivity contribution in [2.24, 2.45) is 0 Å². The van der Waals surface area contributed by atoms with Gasteiger partial charge >= 0.3 is 0 Å². The van der Waals surface area contributed by atoms with Gasteiger partial charge in [0.05, 0.1) is 10.7 Å². The summed E-state index contributed by atoms with van der Waals surface area (Å²) in [6.45, 7) is 1.62. The molecule has 1 amide bonds. The van der Waals surface area contributed by atoms with Gasteiger partial charge in [0.2, 0.25) is 0 Å². The first-order valence-corrected chi connectivity index (χ1v) is 8.17. The molecule has 6 nitrogen and oxygen atoms in total. The number of carbonyl (C=O) groups excluding carboxylic acids is 1. The Balaban J connectivity index is 1.65. The van der Waals surface area contributed by atoms with Crippen LogP contribution in [0.4, 0.5) is 5.82 Å². The van der Waals surface area contributed by atoms with Crippen LogP contribution in [-0.4, -0.2) is 27.2 Å². The van der Waals surface area contributed by atoms with Gasteiger partial charge in [0.1, 0.15) is 5.75 Å². The fourth-order valence-electron chi connectivity index (χ4n) is 2.11. The molecule has 2 N–H and O–H groups in total. The zero-order valence-corrected chi connectivity index (χ0v) is 14.7. The van der Waals surface area contributed by atoms with E-state index in [1.54, 1.807) is 43.6 Å². The van der Waals surface area contributed by atoms with E-state index in [1.807, 2.05) is 12.1 Å². The molecule has 0 bridgehead atoms. The average Bonchev–Trinajstić information content (AvgIpc) is 3.06. The smallest absolute Gasteiger partial charge is 0.266 e. The standard InChI is InChI=1S/C17H14Cl2N4O2/c1-10(25-15-3-2-12(18)8-13(15)19)17(24)21-16-9-14(22-23-16)11-4-6-20-7-5-11/h2-10H,1H3,(H2,21,22,23,24). The molecule has 0 fully saturated rings. The maximum Gasteiger partial charge on any atom is 0.266 e. The van der Waals surface area contributed by atoms with Gasteiger partial charge < -0.3 is 10.1 Å². The fourth-order valence-corrected chi connectivity index (χ4v) is 2.56. The summed E-state index contributed by atoms with van der Waals surface area (Å²) in [4.78, 5) is 16.2. The van der Waals surface area contributed by atoms with E-state index >= 15 is 0 Å². The van der Waals surface area contributed by atoms with Crippen LogP contribution in [0.2, 0.25) is 10.0 Å². The fraction of sp³-hybridized carbons (Fsp3) is 0.118. The molecule has 2 aromatic heterocycles. The van der Waals surface area contributed by atoms with Gasteiger partial charge in [-0.2, -0.15) is 5.10 Å². The molecule has 3 aromatic rings. The second kappa shape index (κ2) is 7.55. The maximum atomic E-state index is 12.3. The van der Waals surface area contributed by atoms with Crippen LogP contribution in [-0.2, 0) is 4.79 Å². The predicted molar refractivity (Wildman–Crippen MR) is 97.0 cm³/mol. The Morgan fingerprint density at radius 1 is 1.20 bits per heavy atom. The molecule has 0 aliphatic rings. The predicted octanol–water partition coefficient (Wildman–Crippen LogP) is 4.18. The lowest BCUT2D eigenvalue weighted by Gasteiger charge is -2.14. The zero-order valence-electron chi connectivity index (χ0n) is 13.2. The van der Waals surface area contributed by atoms with Crippen molar-refractivity contribution in [3.63, 3.8) is 0 Å². The molecule has 0 aliphatic heterocycles. The summed E-state index contributed by atoms with van der Waals surface area (Å²) in [6.07, 6.45) is 2.60. The van der Waals surface area contributed by atoms with E-state index in [0.29, 0.717) is 21.6 Å². The van der Waals surface area contributed by atoms with Crippen LogP contribution in [0.1, 0.15) is 6.92 Å². The number of carbonyl (C=O) groups is 1. The number of amides is 1. The Morgan fingerprint density at radius 2 is 1.96 bits per heavy atom. The molecule has 8 heteroatoms. The van der Waals surface area contributed by atoms with E-state index < -0.39 is 6.10 Å². The van der Waals surface area contributed by atoms with Crippen molar-refractivity contribution in [3.05, 3.63) is 58.8 Å². The van der Waals surface area contributed by atoms with Crippen LogP contribution < -0.4 is 10.1 Å². The molecule has 0 aliphatic carbocycles. The molecule has 1 unspecified atom stereocenters. The van der Waals surface area contributed by atoms with Crippen molar-refractivity contribution in [1.29, 1.82) is 0 Å². The first-order valence-electron chi connectivity index (χ1n) is 7.41. The van der Waals surface area contributed by atoms with Crippen molar-refractivity contribution in [1.82, 2.24) is 15.2 Å². The summed E-state index contributed by atoms with van der Waals surface area (Å²) < 4.78 is 5.58. The van der Waals surface area contributed by atoms with Gasteiger partial charge in [-0.05, 0) is 37.3 Å². The topological polar surface area (TPSA) is 79.9 Å². The first-order chi connectivity index (χ1) is 12.0. The summed E-state index contributed by atoms with van der Waals surface area (Å²) >= 11 is 11.9. The molecule has 0 spiro atoms. The molecule has 0 saturated carbocycles. The van der Waals surface area contributed by atoms with Crippen molar-refractivity contribution in [3.8, 4) is 17.0 Å². The van der Waals surface area contributed by atoms with Gasteiger partial charge in [-0.1, -0.05) is 23.2 Å². The second-order valence-corrected chi connectivity index (χ2v) is 6.07. The van der Waals surface area contributed by atoms with E-state index in [1.165, 1.54) is 0 Å². The van der Waals surface area contributed by atoms with Crippen molar-refractivity contribution < 1.29 is 9.53 Å². The highest BCUT2D eigenvalue weighted by atomic mass is 35.5. The van der Waals surface area contributed by atoms with Crippen LogP contribution in [0.15, 0.2) is 48.8 Å². The number of nitrogens with zero attached hydrogens (tertiary/aromatic N) is 2. The molecule has 25 heavy (non-hydrogen) atoms. The van der Waals surface area contributed by atoms with Crippen LogP contribution in [0, 0.1) is 0 Å². The molecular weight excluding hydrogens is 363 g/mol. The Morgan fingerprint density at radius 3 is 2.68 bits per heavy atom. The lowest BCUT2D eigenvalue weighted by Crippen LogP contribution is -2.30. The number of anilines is 1. The number of pyridine rings is 1. The number of aromatic nitrogens is 3. The molecule has 2 heterocycles. The van der Waals surface area contributed by atoms with Crippen molar-refractivity contribution in [2.75, 3.05) is 5.32 Å². The summed E-state index contributed by atoms with van der Waals surface area (Å²) in [5.74, 6) is 0.432. The highest BCUT2D eigenvalue weighted by molar-refractivity contribution is 6.35. The number of hydrogen-bond donors (Lipinski definition) is 2. The lowest BCUT2D eigenvalue weighted by molar-refractivity contribution is -0.122. The Kier molecular flexibility index (Phi) is 5.21. The van der Waals surface area contributed by atoms with E-state index in [4.69, 9.17) is 27.9 Å². The third-order valence-electron chi connectivity index (χ3n) is 3.39. The summed E-state index contributed by atoms with van der Waals surface area (Å²) in [5, 5.41) is 10.5. The minimum atomic E-state index is -0.764. The molecule has 128 valence electrons. The number of aromatic amines is 1. The van der Waals surface area contributed by atoms with Crippen molar-refractivity contribution in [2.45, 2.75) is 13.0 Å². The van der Waals surface area contributed by atoms with Crippen LogP contribution >= 0.6 is 23.2 Å². The van der Waals surface area contributed by atoms with E-state index in [-0.39, 0.29) is 5.91 Å². The van der Waals surface area contributed by atoms with Crippen molar-refractivity contribution >= 4 is 34.9 Å². The molecule has 3 rings (SSSR count).